The lowest BCUT2D eigenvalue weighted by atomic mass is 10.5. The quantitative estimate of drug-likeness (QED) is 0.358. The van der Waals surface area contributed by atoms with Crippen LogP contribution in [0.5, 0.6) is 0 Å². The third-order valence-electron chi connectivity index (χ3n) is 1.23. The van der Waals surface area contributed by atoms with E-state index in [-0.39, 0.29) is 6.04 Å². The summed E-state index contributed by atoms with van der Waals surface area (Å²) in [5, 5.41) is 0. The molecular weight excluding hydrogens is 180 g/mol. The summed E-state index contributed by atoms with van der Waals surface area (Å²) in [5.41, 5.74) is 0. The van der Waals surface area contributed by atoms with Gasteiger partial charge in [-0.1, -0.05) is 0 Å². The van der Waals surface area contributed by atoms with E-state index in [1.165, 1.54) is 0 Å². The lowest BCUT2D eigenvalue weighted by Crippen LogP contribution is -2.34. The maximum atomic E-state index is 8.59. The summed E-state index contributed by atoms with van der Waals surface area (Å²) in [6.45, 7) is 1.44. The molecule has 0 rings (SSSR count). The fourth-order valence-electron chi connectivity index (χ4n) is 0.656. The van der Waals surface area contributed by atoms with Crippen LogP contribution >= 0.6 is 0 Å². The van der Waals surface area contributed by atoms with Gasteiger partial charge in [0.25, 0.3) is 0 Å². The minimum atomic E-state index is -3.84. The standard InChI is InChI=1S/C6H16O5Si/c1-10-4-5-11-3-2-6-12(7,8)9/h7-9H,2-6H2,1H3. The van der Waals surface area contributed by atoms with Gasteiger partial charge in [-0.3, -0.25) is 0 Å². The van der Waals surface area contributed by atoms with Crippen molar-refractivity contribution in [3.05, 3.63) is 0 Å². The number of hydrogen-bond donors (Lipinski definition) is 3. The van der Waals surface area contributed by atoms with Crippen LogP contribution in [0, 0.1) is 0 Å². The molecule has 0 bridgehead atoms. The highest BCUT2D eigenvalue weighted by Gasteiger charge is 2.25. The van der Waals surface area contributed by atoms with Crippen molar-refractivity contribution in [2.24, 2.45) is 0 Å². The molecule has 0 radical (unpaired) electrons. The van der Waals surface area contributed by atoms with E-state index in [0.29, 0.717) is 26.2 Å². The molecule has 0 amide bonds. The van der Waals surface area contributed by atoms with Gasteiger partial charge in [0, 0.05) is 19.8 Å². The highest BCUT2D eigenvalue weighted by atomic mass is 28.4. The molecule has 0 unspecified atom stereocenters. The SMILES string of the molecule is COCCOCCC[Si](O)(O)O. The van der Waals surface area contributed by atoms with Crippen LogP contribution in [0.3, 0.4) is 0 Å². The minimum Gasteiger partial charge on any atom is -0.390 e. The predicted molar refractivity (Wildman–Crippen MR) is 44.5 cm³/mol. The van der Waals surface area contributed by atoms with Crippen molar-refractivity contribution < 1.29 is 23.9 Å². The van der Waals surface area contributed by atoms with Crippen LogP contribution in [0.1, 0.15) is 6.42 Å². The Bertz CT molecular complexity index is 103. The van der Waals surface area contributed by atoms with Crippen LogP contribution in [-0.2, 0) is 9.47 Å². The lowest BCUT2D eigenvalue weighted by molar-refractivity contribution is 0.0693. The Morgan fingerprint density at radius 2 is 1.75 bits per heavy atom. The van der Waals surface area contributed by atoms with Gasteiger partial charge in [0.1, 0.15) is 0 Å². The Hall–Kier alpha value is 0.0169. The molecule has 12 heavy (non-hydrogen) atoms. The Balaban J connectivity index is 3.01. The Morgan fingerprint density at radius 3 is 2.25 bits per heavy atom. The van der Waals surface area contributed by atoms with Gasteiger partial charge in [-0.25, -0.2) is 0 Å². The number of rotatable bonds is 7. The zero-order valence-electron chi connectivity index (χ0n) is 7.19. The molecule has 5 nitrogen and oxygen atoms in total. The van der Waals surface area contributed by atoms with Crippen molar-refractivity contribution in [1.29, 1.82) is 0 Å². The molecule has 0 spiro atoms. The average molecular weight is 196 g/mol. The maximum Gasteiger partial charge on any atom is 0.492 e. The van der Waals surface area contributed by atoms with Gasteiger partial charge in [-0.2, -0.15) is 0 Å². The van der Waals surface area contributed by atoms with E-state index in [2.05, 4.69) is 0 Å². The second kappa shape index (κ2) is 6.52. The smallest absolute Gasteiger partial charge is 0.390 e. The summed E-state index contributed by atoms with van der Waals surface area (Å²) in [5.74, 6) is 0. The van der Waals surface area contributed by atoms with Crippen LogP contribution < -0.4 is 0 Å². The second-order valence-corrected chi connectivity index (χ2v) is 4.53. The summed E-state index contributed by atoms with van der Waals surface area (Å²) < 4.78 is 9.76. The summed E-state index contributed by atoms with van der Waals surface area (Å²) in [6.07, 6.45) is 0.458. The molecule has 0 heterocycles. The Kier molecular flexibility index (Phi) is 6.53. The fourth-order valence-corrected chi connectivity index (χ4v) is 1.27. The van der Waals surface area contributed by atoms with Gasteiger partial charge in [0.15, 0.2) is 0 Å². The van der Waals surface area contributed by atoms with Gasteiger partial charge in [0.2, 0.25) is 0 Å². The first-order chi connectivity index (χ1) is 5.56. The number of methoxy groups -OCH3 is 1. The minimum absolute atomic E-state index is 0.0278. The molecule has 6 heteroatoms. The van der Waals surface area contributed by atoms with Crippen molar-refractivity contribution in [3.8, 4) is 0 Å². The molecule has 0 aliphatic carbocycles. The molecule has 74 valence electrons. The Labute approximate surface area is 72.9 Å². The van der Waals surface area contributed by atoms with E-state index in [9.17, 15) is 0 Å². The normalized spacial score (nSPS) is 12.0. The predicted octanol–water partition coefficient (Wildman–Crippen LogP) is -1.04. The van der Waals surface area contributed by atoms with Gasteiger partial charge >= 0.3 is 8.80 Å². The number of hydrogen-bond acceptors (Lipinski definition) is 5. The third kappa shape index (κ3) is 10.0. The molecule has 3 N–H and O–H groups in total. The van der Waals surface area contributed by atoms with Crippen molar-refractivity contribution in [2.75, 3.05) is 26.9 Å². The Morgan fingerprint density at radius 1 is 1.08 bits per heavy atom. The molecule has 0 saturated heterocycles. The second-order valence-electron chi connectivity index (χ2n) is 2.48. The molecule has 0 aliphatic heterocycles. The first kappa shape index (κ1) is 12.0. The maximum absolute atomic E-state index is 8.59. The topological polar surface area (TPSA) is 79.2 Å². The first-order valence-corrected chi connectivity index (χ1v) is 5.85. The highest BCUT2D eigenvalue weighted by molar-refractivity contribution is 6.56. The molecule has 0 aromatic heterocycles. The lowest BCUT2D eigenvalue weighted by Gasteiger charge is -2.08. The largest absolute Gasteiger partial charge is 0.492 e. The van der Waals surface area contributed by atoms with Gasteiger partial charge in [0.05, 0.1) is 13.2 Å². The van der Waals surface area contributed by atoms with E-state index in [4.69, 9.17) is 23.9 Å². The van der Waals surface area contributed by atoms with E-state index >= 15 is 0 Å². The third-order valence-corrected chi connectivity index (χ3v) is 2.26. The van der Waals surface area contributed by atoms with E-state index in [0.717, 1.165) is 0 Å². The zero-order valence-corrected chi connectivity index (χ0v) is 8.19. The summed E-state index contributed by atoms with van der Waals surface area (Å²) in [4.78, 5) is 25.8. The van der Waals surface area contributed by atoms with Crippen molar-refractivity contribution in [1.82, 2.24) is 0 Å². The van der Waals surface area contributed by atoms with Gasteiger partial charge in [-0.15, -0.1) is 0 Å². The van der Waals surface area contributed by atoms with Crippen LogP contribution in [-0.4, -0.2) is 50.1 Å². The van der Waals surface area contributed by atoms with Crippen LogP contribution in [0.2, 0.25) is 6.04 Å². The summed E-state index contributed by atoms with van der Waals surface area (Å²) >= 11 is 0. The van der Waals surface area contributed by atoms with Crippen molar-refractivity contribution >= 4 is 8.80 Å². The highest BCUT2D eigenvalue weighted by Crippen LogP contribution is 2.00. The number of ether oxygens (including phenoxy) is 2. The van der Waals surface area contributed by atoms with Crippen LogP contribution in [0.25, 0.3) is 0 Å². The van der Waals surface area contributed by atoms with Gasteiger partial charge in [-0.05, 0) is 6.42 Å². The molecule has 0 fully saturated rings. The monoisotopic (exact) mass is 196 g/mol. The molecular formula is C6H16O5Si. The summed E-state index contributed by atoms with van der Waals surface area (Å²) in [6, 6.07) is 0.0278. The van der Waals surface area contributed by atoms with E-state index in [1.807, 2.05) is 0 Å². The van der Waals surface area contributed by atoms with Crippen molar-refractivity contribution in [2.45, 2.75) is 12.5 Å². The molecule has 0 aliphatic rings. The van der Waals surface area contributed by atoms with Crippen LogP contribution in [0.15, 0.2) is 0 Å². The molecule has 0 aromatic rings. The molecule has 0 saturated carbocycles. The van der Waals surface area contributed by atoms with Crippen LogP contribution in [0.4, 0.5) is 0 Å². The molecule has 0 atom stereocenters. The van der Waals surface area contributed by atoms with Crippen molar-refractivity contribution in [3.63, 3.8) is 0 Å². The van der Waals surface area contributed by atoms with Gasteiger partial charge < -0.3 is 23.9 Å². The first-order valence-electron chi connectivity index (χ1n) is 3.80. The van der Waals surface area contributed by atoms with E-state index in [1.54, 1.807) is 7.11 Å². The molecule has 0 aromatic carbocycles. The zero-order chi connectivity index (χ0) is 9.45. The average Bonchev–Trinajstić information content (AvgIpc) is 1.94. The van der Waals surface area contributed by atoms with E-state index < -0.39 is 8.80 Å². The fraction of sp³-hybridized carbons (Fsp3) is 1.00. The summed E-state index contributed by atoms with van der Waals surface area (Å²) in [7, 11) is -2.26.